The van der Waals surface area contributed by atoms with Crippen LogP contribution in [0.4, 0.5) is 0 Å². The number of nitrogens with zero attached hydrogens (tertiary/aromatic N) is 4. The van der Waals surface area contributed by atoms with Crippen LogP contribution in [0.2, 0.25) is 0 Å². The summed E-state index contributed by atoms with van der Waals surface area (Å²) in [4.78, 5) is 11.7. The van der Waals surface area contributed by atoms with Crippen LogP contribution < -0.4 is 5.32 Å². The van der Waals surface area contributed by atoms with Crippen molar-refractivity contribution >= 4 is 11.6 Å². The van der Waals surface area contributed by atoms with E-state index in [4.69, 9.17) is 4.52 Å². The first kappa shape index (κ1) is 11.5. The van der Waals surface area contributed by atoms with Crippen LogP contribution >= 0.6 is 0 Å². The molecule has 0 fully saturated rings. The lowest BCUT2D eigenvalue weighted by molar-refractivity contribution is 0.0943. The third kappa shape index (κ3) is 2.22. The van der Waals surface area contributed by atoms with Crippen LogP contribution in [0.1, 0.15) is 16.2 Å². The quantitative estimate of drug-likeness (QED) is 0.754. The summed E-state index contributed by atoms with van der Waals surface area (Å²) in [5.74, 6) is 0.394. The van der Waals surface area contributed by atoms with Crippen molar-refractivity contribution in [3.63, 3.8) is 0 Å². The van der Waals surface area contributed by atoms with Crippen LogP contribution in [-0.4, -0.2) is 31.8 Å². The molecule has 3 aromatic heterocycles. The molecular formula is C12H13N5O2. The number of aryl methyl sites for hydroxylation is 1. The first-order valence-corrected chi connectivity index (χ1v) is 5.94. The van der Waals surface area contributed by atoms with Crippen LogP contribution in [0.15, 0.2) is 35.2 Å². The third-order valence-corrected chi connectivity index (χ3v) is 2.83. The minimum Gasteiger partial charge on any atom is -0.361 e. The molecule has 7 nitrogen and oxygen atoms in total. The largest absolute Gasteiger partial charge is 0.361 e. The van der Waals surface area contributed by atoms with Gasteiger partial charge in [-0.1, -0.05) is 5.16 Å². The molecular weight excluding hydrogens is 246 g/mol. The van der Waals surface area contributed by atoms with E-state index in [-0.39, 0.29) is 5.91 Å². The number of carbonyl (C=O) groups is 1. The normalized spacial score (nSPS) is 11.0. The van der Waals surface area contributed by atoms with Crippen LogP contribution in [0, 0.1) is 6.92 Å². The fraction of sp³-hybridized carbons (Fsp3) is 0.250. The lowest BCUT2D eigenvalue weighted by atomic mass is 10.3. The Morgan fingerprint density at radius 2 is 2.37 bits per heavy atom. The standard InChI is InChI=1S/C12H13N5O2/c1-9-8-10(15-19-9)12(18)13-4-5-16-6-7-17-11(16)2-3-14-17/h2-3,6-8H,4-5H2,1H3,(H,13,18). The molecule has 0 aliphatic heterocycles. The topological polar surface area (TPSA) is 77.4 Å². The predicted molar refractivity (Wildman–Crippen MR) is 66.8 cm³/mol. The van der Waals surface area contributed by atoms with Gasteiger partial charge in [0.15, 0.2) is 5.69 Å². The predicted octanol–water partition coefficient (Wildman–Crippen LogP) is 0.862. The number of rotatable bonds is 4. The number of aromatic nitrogens is 4. The smallest absolute Gasteiger partial charge is 0.273 e. The van der Waals surface area contributed by atoms with Gasteiger partial charge in [0.2, 0.25) is 0 Å². The van der Waals surface area contributed by atoms with Crippen LogP contribution in [-0.2, 0) is 6.54 Å². The third-order valence-electron chi connectivity index (χ3n) is 2.83. The number of imidazole rings is 1. The zero-order chi connectivity index (χ0) is 13.2. The molecule has 1 amide bonds. The summed E-state index contributed by atoms with van der Waals surface area (Å²) in [6.45, 7) is 2.94. The molecule has 3 rings (SSSR count). The van der Waals surface area contributed by atoms with E-state index in [9.17, 15) is 4.79 Å². The van der Waals surface area contributed by atoms with Crippen LogP contribution in [0.3, 0.4) is 0 Å². The highest BCUT2D eigenvalue weighted by Crippen LogP contribution is 2.03. The molecule has 1 N–H and O–H groups in total. The molecule has 0 radical (unpaired) electrons. The molecule has 0 aliphatic rings. The second kappa shape index (κ2) is 4.60. The number of carbonyl (C=O) groups excluding carboxylic acids is 1. The molecule has 0 atom stereocenters. The molecule has 7 heteroatoms. The van der Waals surface area contributed by atoms with Gasteiger partial charge in [0.25, 0.3) is 5.91 Å². The Kier molecular flexibility index (Phi) is 2.79. The van der Waals surface area contributed by atoms with E-state index in [0.29, 0.717) is 24.5 Å². The van der Waals surface area contributed by atoms with Crippen molar-refractivity contribution in [2.75, 3.05) is 6.54 Å². The highest BCUT2D eigenvalue weighted by atomic mass is 16.5. The molecule has 0 saturated heterocycles. The molecule has 0 spiro atoms. The first-order valence-electron chi connectivity index (χ1n) is 5.94. The highest BCUT2D eigenvalue weighted by molar-refractivity contribution is 5.92. The number of hydrogen-bond acceptors (Lipinski definition) is 4. The molecule has 98 valence electrons. The fourth-order valence-electron chi connectivity index (χ4n) is 1.91. The Bertz CT molecular complexity index is 708. The molecule has 0 unspecified atom stereocenters. The van der Waals surface area contributed by atoms with Crippen LogP contribution in [0.5, 0.6) is 0 Å². The number of nitrogens with one attached hydrogen (secondary N) is 1. The van der Waals surface area contributed by atoms with Crippen molar-refractivity contribution in [2.45, 2.75) is 13.5 Å². The zero-order valence-corrected chi connectivity index (χ0v) is 10.4. The monoisotopic (exact) mass is 259 g/mol. The van der Waals surface area contributed by atoms with Gasteiger partial charge >= 0.3 is 0 Å². The van der Waals surface area contributed by atoms with E-state index in [1.54, 1.807) is 23.7 Å². The molecule has 0 bridgehead atoms. The maximum atomic E-state index is 11.7. The van der Waals surface area contributed by atoms with Gasteiger partial charge < -0.3 is 14.4 Å². The van der Waals surface area contributed by atoms with E-state index in [0.717, 1.165) is 5.65 Å². The Morgan fingerprint density at radius 1 is 1.47 bits per heavy atom. The van der Waals surface area contributed by atoms with Gasteiger partial charge in [-0.25, -0.2) is 4.52 Å². The van der Waals surface area contributed by atoms with Gasteiger partial charge in [-0.15, -0.1) is 0 Å². The number of amides is 1. The molecule has 0 aliphatic carbocycles. The second-order valence-corrected chi connectivity index (χ2v) is 4.20. The van der Waals surface area contributed by atoms with E-state index < -0.39 is 0 Å². The average Bonchev–Trinajstić information content (AvgIpc) is 3.06. The number of hydrogen-bond donors (Lipinski definition) is 1. The summed E-state index contributed by atoms with van der Waals surface area (Å²) in [6, 6.07) is 3.53. The zero-order valence-electron chi connectivity index (χ0n) is 10.4. The maximum Gasteiger partial charge on any atom is 0.273 e. The maximum absolute atomic E-state index is 11.7. The van der Waals surface area contributed by atoms with Gasteiger partial charge in [0.1, 0.15) is 11.4 Å². The molecule has 3 heterocycles. The first-order chi connectivity index (χ1) is 9.24. The summed E-state index contributed by atoms with van der Waals surface area (Å²) in [7, 11) is 0. The Hall–Kier alpha value is -2.57. The van der Waals surface area contributed by atoms with Gasteiger partial charge in [0.05, 0.1) is 6.20 Å². The molecule has 19 heavy (non-hydrogen) atoms. The van der Waals surface area contributed by atoms with Crippen molar-refractivity contribution in [1.29, 1.82) is 0 Å². The Labute approximate surface area is 108 Å². The summed E-state index contributed by atoms with van der Waals surface area (Å²) >= 11 is 0. The molecule has 0 saturated carbocycles. The van der Waals surface area contributed by atoms with E-state index in [1.165, 1.54) is 0 Å². The Balaban J connectivity index is 1.59. The SMILES string of the molecule is Cc1cc(C(=O)NCCn2ccn3nccc23)no1. The minimum absolute atomic E-state index is 0.228. The van der Waals surface area contributed by atoms with Gasteiger partial charge in [-0.2, -0.15) is 5.10 Å². The molecule has 0 aromatic carbocycles. The van der Waals surface area contributed by atoms with Crippen molar-refractivity contribution in [1.82, 2.24) is 24.7 Å². The van der Waals surface area contributed by atoms with Crippen molar-refractivity contribution in [3.8, 4) is 0 Å². The average molecular weight is 259 g/mol. The minimum atomic E-state index is -0.228. The second-order valence-electron chi connectivity index (χ2n) is 4.20. The van der Waals surface area contributed by atoms with Crippen molar-refractivity contribution < 1.29 is 9.32 Å². The summed E-state index contributed by atoms with van der Waals surface area (Å²) in [5.41, 5.74) is 1.30. The van der Waals surface area contributed by atoms with Gasteiger partial charge in [0, 0.05) is 37.6 Å². The van der Waals surface area contributed by atoms with Crippen LogP contribution in [0.25, 0.3) is 5.65 Å². The fourth-order valence-corrected chi connectivity index (χ4v) is 1.91. The summed E-state index contributed by atoms with van der Waals surface area (Å²) < 4.78 is 8.65. The van der Waals surface area contributed by atoms with Crippen molar-refractivity contribution in [2.24, 2.45) is 0 Å². The highest BCUT2D eigenvalue weighted by Gasteiger charge is 2.10. The molecule has 3 aromatic rings. The van der Waals surface area contributed by atoms with Gasteiger partial charge in [-0.3, -0.25) is 4.79 Å². The number of fused-ring (bicyclic) bond motifs is 1. The van der Waals surface area contributed by atoms with E-state index >= 15 is 0 Å². The summed E-state index contributed by atoms with van der Waals surface area (Å²) in [5, 5.41) is 10.6. The lowest BCUT2D eigenvalue weighted by Crippen LogP contribution is -2.27. The van der Waals surface area contributed by atoms with E-state index in [2.05, 4.69) is 15.6 Å². The van der Waals surface area contributed by atoms with Gasteiger partial charge in [-0.05, 0) is 6.92 Å². The Morgan fingerprint density at radius 3 is 3.16 bits per heavy atom. The van der Waals surface area contributed by atoms with Crippen molar-refractivity contribution in [3.05, 3.63) is 42.2 Å². The lowest BCUT2D eigenvalue weighted by Gasteiger charge is -2.04. The van der Waals surface area contributed by atoms with E-state index in [1.807, 2.05) is 23.0 Å². The summed E-state index contributed by atoms with van der Waals surface area (Å²) in [6.07, 6.45) is 5.54.